The summed E-state index contributed by atoms with van der Waals surface area (Å²) >= 11 is 0. The molecule has 0 bridgehead atoms. The molecule has 26 heavy (non-hydrogen) atoms. The molecule has 0 unspecified atom stereocenters. The molecule has 4 rings (SSSR count). The van der Waals surface area contributed by atoms with Gasteiger partial charge in [0.15, 0.2) is 0 Å². The van der Waals surface area contributed by atoms with Crippen molar-refractivity contribution >= 4 is 22.6 Å². The maximum Gasteiger partial charge on any atom is 0.268 e. The normalized spacial score (nSPS) is 13.0. The second-order valence-corrected chi connectivity index (χ2v) is 6.33. The maximum absolute atomic E-state index is 13.1. The Morgan fingerprint density at radius 2 is 2.12 bits per heavy atom. The number of amides is 1. The van der Waals surface area contributed by atoms with Crippen molar-refractivity contribution in [3.63, 3.8) is 0 Å². The Morgan fingerprint density at radius 3 is 2.85 bits per heavy atom. The molecular formula is C20H19N3O3. The number of aromatic nitrogens is 2. The third-order valence-corrected chi connectivity index (χ3v) is 4.87. The summed E-state index contributed by atoms with van der Waals surface area (Å²) in [7, 11) is 0. The van der Waals surface area contributed by atoms with Crippen LogP contribution in [0.5, 0.6) is 5.75 Å². The van der Waals surface area contributed by atoms with Crippen LogP contribution in [0, 0.1) is 0 Å². The van der Waals surface area contributed by atoms with Gasteiger partial charge in [0.05, 0.1) is 5.52 Å². The summed E-state index contributed by atoms with van der Waals surface area (Å²) < 4.78 is 1.62. The maximum atomic E-state index is 13.1. The highest BCUT2D eigenvalue weighted by Gasteiger charge is 2.28. The molecule has 6 heteroatoms. The van der Waals surface area contributed by atoms with Crippen LogP contribution in [0.4, 0.5) is 5.82 Å². The molecule has 0 aliphatic carbocycles. The van der Waals surface area contributed by atoms with E-state index < -0.39 is 11.5 Å². The van der Waals surface area contributed by atoms with Gasteiger partial charge >= 0.3 is 0 Å². The number of nitrogens with zero attached hydrogens (tertiary/aromatic N) is 3. The summed E-state index contributed by atoms with van der Waals surface area (Å²) in [5.74, 6) is -0.328. The predicted molar refractivity (Wildman–Crippen MR) is 99.8 cm³/mol. The number of aromatic hydroxyl groups is 1. The molecule has 1 aromatic carbocycles. The molecule has 2 aromatic heterocycles. The van der Waals surface area contributed by atoms with Crippen LogP contribution in [0.25, 0.3) is 10.9 Å². The molecule has 0 spiro atoms. The zero-order valence-corrected chi connectivity index (χ0v) is 14.5. The quantitative estimate of drug-likeness (QED) is 0.789. The van der Waals surface area contributed by atoms with Crippen LogP contribution in [0.3, 0.4) is 0 Å². The number of carbonyl (C=O) groups excluding carboxylic acids is 1. The van der Waals surface area contributed by atoms with E-state index in [4.69, 9.17) is 0 Å². The van der Waals surface area contributed by atoms with Crippen molar-refractivity contribution in [2.24, 2.45) is 0 Å². The Kier molecular flexibility index (Phi) is 3.95. The van der Waals surface area contributed by atoms with Gasteiger partial charge in [-0.2, -0.15) is 0 Å². The van der Waals surface area contributed by atoms with E-state index in [1.54, 1.807) is 35.0 Å². The van der Waals surface area contributed by atoms with Gasteiger partial charge in [0.2, 0.25) is 0 Å². The molecule has 1 amide bonds. The van der Waals surface area contributed by atoms with Crippen LogP contribution < -0.4 is 10.5 Å². The van der Waals surface area contributed by atoms with Crippen LogP contribution in [0.2, 0.25) is 0 Å². The first-order chi connectivity index (χ1) is 12.6. The van der Waals surface area contributed by atoms with E-state index in [0.717, 1.165) is 23.9 Å². The van der Waals surface area contributed by atoms with Gasteiger partial charge in [0.1, 0.15) is 17.1 Å². The van der Waals surface area contributed by atoms with Crippen LogP contribution in [-0.2, 0) is 13.0 Å². The zero-order chi connectivity index (χ0) is 18.3. The minimum atomic E-state index is -0.532. The van der Waals surface area contributed by atoms with Gasteiger partial charge in [0.25, 0.3) is 11.5 Å². The molecular weight excluding hydrogens is 330 g/mol. The number of para-hydroxylation sites is 1. The lowest BCUT2D eigenvalue weighted by Gasteiger charge is -2.24. The molecule has 6 nitrogen and oxygen atoms in total. The number of hydrogen-bond donors (Lipinski definition) is 1. The van der Waals surface area contributed by atoms with Crippen molar-refractivity contribution in [1.29, 1.82) is 0 Å². The van der Waals surface area contributed by atoms with Gasteiger partial charge in [0, 0.05) is 24.7 Å². The van der Waals surface area contributed by atoms with Gasteiger partial charge in [-0.05, 0) is 43.5 Å². The SMILES string of the molecule is CCN(C(=O)c1c(O)c2cccc3c2n(c1=O)CCC3)c1ccccn1. The zero-order valence-electron chi connectivity index (χ0n) is 14.5. The lowest BCUT2D eigenvalue weighted by atomic mass is 9.99. The molecule has 1 aliphatic heterocycles. The molecule has 3 heterocycles. The van der Waals surface area contributed by atoms with E-state index in [1.165, 1.54) is 4.90 Å². The average molecular weight is 349 g/mol. The lowest BCUT2D eigenvalue weighted by Crippen LogP contribution is -2.38. The molecule has 0 saturated carbocycles. The monoisotopic (exact) mass is 349 g/mol. The van der Waals surface area contributed by atoms with E-state index in [1.807, 2.05) is 19.1 Å². The number of rotatable bonds is 3. The second kappa shape index (κ2) is 6.29. The average Bonchev–Trinajstić information content (AvgIpc) is 2.67. The lowest BCUT2D eigenvalue weighted by molar-refractivity contribution is 0.0983. The summed E-state index contributed by atoms with van der Waals surface area (Å²) in [6, 6.07) is 10.8. The molecule has 0 radical (unpaired) electrons. The van der Waals surface area contributed by atoms with Crippen LogP contribution in [0.1, 0.15) is 29.3 Å². The number of pyridine rings is 2. The number of benzene rings is 1. The minimum absolute atomic E-state index is 0.191. The summed E-state index contributed by atoms with van der Waals surface area (Å²) in [4.78, 5) is 31.8. The molecule has 132 valence electrons. The van der Waals surface area contributed by atoms with E-state index in [-0.39, 0.29) is 11.3 Å². The van der Waals surface area contributed by atoms with Gasteiger partial charge in [-0.1, -0.05) is 18.2 Å². The number of hydrogen-bond acceptors (Lipinski definition) is 4. The predicted octanol–water partition coefficient (Wildman–Crippen LogP) is 2.72. The number of aryl methyl sites for hydroxylation is 2. The largest absolute Gasteiger partial charge is 0.506 e. The van der Waals surface area contributed by atoms with E-state index >= 15 is 0 Å². The third kappa shape index (κ3) is 2.37. The molecule has 0 saturated heterocycles. The number of carbonyl (C=O) groups is 1. The van der Waals surface area contributed by atoms with Crippen molar-refractivity contribution in [3.05, 3.63) is 64.1 Å². The summed E-state index contributed by atoms with van der Waals surface area (Å²) in [6.07, 6.45) is 3.29. The highest BCUT2D eigenvalue weighted by Crippen LogP contribution is 2.32. The summed E-state index contributed by atoms with van der Waals surface area (Å²) in [6.45, 7) is 2.69. The van der Waals surface area contributed by atoms with E-state index in [2.05, 4.69) is 4.98 Å². The number of anilines is 1. The first-order valence-corrected chi connectivity index (χ1v) is 8.73. The van der Waals surface area contributed by atoms with Crippen LogP contribution >= 0.6 is 0 Å². The highest BCUT2D eigenvalue weighted by molar-refractivity contribution is 6.10. The highest BCUT2D eigenvalue weighted by atomic mass is 16.3. The first kappa shape index (κ1) is 16.3. The Labute approximate surface area is 150 Å². The van der Waals surface area contributed by atoms with Crippen LogP contribution in [-0.4, -0.2) is 27.1 Å². The van der Waals surface area contributed by atoms with Crippen molar-refractivity contribution in [1.82, 2.24) is 9.55 Å². The van der Waals surface area contributed by atoms with Crippen molar-refractivity contribution < 1.29 is 9.90 Å². The third-order valence-electron chi connectivity index (χ3n) is 4.87. The second-order valence-electron chi connectivity index (χ2n) is 6.33. The Bertz CT molecular complexity index is 1060. The van der Waals surface area contributed by atoms with Crippen molar-refractivity contribution in [2.45, 2.75) is 26.3 Å². The van der Waals surface area contributed by atoms with Gasteiger partial charge in [-0.25, -0.2) is 4.98 Å². The van der Waals surface area contributed by atoms with Gasteiger partial charge in [-0.15, -0.1) is 0 Å². The van der Waals surface area contributed by atoms with Crippen molar-refractivity contribution in [2.75, 3.05) is 11.4 Å². The minimum Gasteiger partial charge on any atom is -0.506 e. The molecule has 0 atom stereocenters. The summed E-state index contributed by atoms with van der Waals surface area (Å²) in [5.41, 5.74) is 1.13. The molecule has 1 aliphatic rings. The topological polar surface area (TPSA) is 75.4 Å². The Balaban J connectivity index is 1.95. The fourth-order valence-corrected chi connectivity index (χ4v) is 3.67. The smallest absolute Gasteiger partial charge is 0.268 e. The van der Waals surface area contributed by atoms with Gasteiger partial charge < -0.3 is 9.67 Å². The van der Waals surface area contributed by atoms with Crippen LogP contribution in [0.15, 0.2) is 47.4 Å². The fourth-order valence-electron chi connectivity index (χ4n) is 3.67. The fraction of sp³-hybridized carbons (Fsp3) is 0.250. The van der Waals surface area contributed by atoms with E-state index in [0.29, 0.717) is 24.3 Å². The molecule has 0 fully saturated rings. The molecule has 1 N–H and O–H groups in total. The Morgan fingerprint density at radius 1 is 1.27 bits per heavy atom. The van der Waals surface area contributed by atoms with E-state index in [9.17, 15) is 14.7 Å². The standard InChI is InChI=1S/C20H19N3O3/c1-2-22(15-10-3-4-11-21-15)19(25)16-18(24)14-9-5-7-13-8-6-12-23(17(13)14)20(16)26/h3-5,7,9-11,24H,2,6,8,12H2,1H3. The van der Waals surface area contributed by atoms with Gasteiger partial charge in [-0.3, -0.25) is 14.5 Å². The first-order valence-electron chi connectivity index (χ1n) is 8.73. The summed E-state index contributed by atoms with van der Waals surface area (Å²) in [5, 5.41) is 11.3. The molecule has 3 aromatic rings. The van der Waals surface area contributed by atoms with Crippen molar-refractivity contribution in [3.8, 4) is 5.75 Å². The Hall–Kier alpha value is -3.15.